The summed E-state index contributed by atoms with van der Waals surface area (Å²) in [6.45, 7) is 3.45. The van der Waals surface area contributed by atoms with Gasteiger partial charge in [-0.25, -0.2) is 4.98 Å². The van der Waals surface area contributed by atoms with Crippen molar-refractivity contribution in [1.82, 2.24) is 4.98 Å². The first-order valence-electron chi connectivity index (χ1n) is 8.25. The van der Waals surface area contributed by atoms with Gasteiger partial charge in [-0.1, -0.05) is 17.7 Å². The molecule has 1 N–H and O–H groups in total. The van der Waals surface area contributed by atoms with Gasteiger partial charge in [0.1, 0.15) is 11.9 Å². The second-order valence-electron chi connectivity index (χ2n) is 6.27. The molecule has 0 aliphatic carbocycles. The summed E-state index contributed by atoms with van der Waals surface area (Å²) in [5, 5.41) is 12.3. The molecule has 1 aliphatic heterocycles. The van der Waals surface area contributed by atoms with Crippen LogP contribution in [0.2, 0.25) is 5.02 Å². The number of carbonyl (C=O) groups excluding carboxylic acids is 1. The molecule has 1 amide bonds. The van der Waals surface area contributed by atoms with Crippen molar-refractivity contribution in [3.8, 4) is 6.07 Å². The minimum atomic E-state index is -0.105. The lowest BCUT2D eigenvalue weighted by Gasteiger charge is -2.33. The molecule has 1 fully saturated rings. The van der Waals surface area contributed by atoms with Crippen LogP contribution in [0, 0.1) is 24.2 Å². The number of nitrogens with zero attached hydrogens (tertiary/aromatic N) is 3. The van der Waals surface area contributed by atoms with Gasteiger partial charge < -0.3 is 10.2 Å². The minimum Gasteiger partial charge on any atom is -0.371 e. The lowest BCUT2D eigenvalue weighted by molar-refractivity contribution is -0.120. The van der Waals surface area contributed by atoms with Crippen LogP contribution in [0.25, 0.3) is 0 Å². The van der Waals surface area contributed by atoms with Crippen LogP contribution >= 0.6 is 11.6 Å². The molecule has 0 bridgehead atoms. The van der Waals surface area contributed by atoms with Crippen LogP contribution < -0.4 is 10.2 Å². The number of pyridine rings is 1. The third-order valence-corrected chi connectivity index (χ3v) is 4.71. The minimum absolute atomic E-state index is 0.0132. The zero-order valence-corrected chi connectivity index (χ0v) is 14.8. The van der Waals surface area contributed by atoms with E-state index in [2.05, 4.69) is 21.3 Å². The molecule has 0 radical (unpaired) electrons. The second-order valence-corrected chi connectivity index (χ2v) is 6.68. The highest BCUT2D eigenvalue weighted by molar-refractivity contribution is 6.32. The normalized spacial score (nSPS) is 17.0. The number of aryl methyl sites for hydroxylation is 1. The largest absolute Gasteiger partial charge is 0.371 e. The zero-order valence-electron chi connectivity index (χ0n) is 14.0. The standard InChI is InChI=1S/C19H19ClN4O/c1-13-4-7-18(22-11-13)23-19(25)15-3-2-8-24(12-15)16-6-5-14(10-21)17(20)9-16/h4-7,9,11,15H,2-3,8,12H2,1H3,(H,22,23,25). The zero-order chi connectivity index (χ0) is 17.8. The van der Waals surface area contributed by atoms with Crippen LogP contribution in [0.1, 0.15) is 24.0 Å². The summed E-state index contributed by atoms with van der Waals surface area (Å²) < 4.78 is 0. The van der Waals surface area contributed by atoms with E-state index in [0.29, 0.717) is 22.9 Å². The molecule has 1 aliphatic rings. The molecular formula is C19H19ClN4O. The van der Waals surface area contributed by atoms with E-state index in [1.54, 1.807) is 18.3 Å². The predicted octanol–water partition coefficient (Wildman–Crippen LogP) is 3.77. The molecular weight excluding hydrogens is 336 g/mol. The number of halogens is 1. The molecule has 6 heteroatoms. The molecule has 0 spiro atoms. The van der Waals surface area contributed by atoms with Crippen molar-refractivity contribution < 1.29 is 4.79 Å². The van der Waals surface area contributed by atoms with Crippen molar-refractivity contribution in [2.45, 2.75) is 19.8 Å². The highest BCUT2D eigenvalue weighted by Gasteiger charge is 2.26. The summed E-state index contributed by atoms with van der Waals surface area (Å²) in [5.74, 6) is 0.459. The molecule has 1 saturated heterocycles. The molecule has 2 heterocycles. The van der Waals surface area contributed by atoms with Gasteiger partial charge in [-0.05, 0) is 49.6 Å². The SMILES string of the molecule is Cc1ccc(NC(=O)C2CCCN(c3ccc(C#N)c(Cl)c3)C2)nc1. The number of carbonyl (C=O) groups is 1. The first-order chi connectivity index (χ1) is 12.1. The van der Waals surface area contributed by atoms with Gasteiger partial charge in [0, 0.05) is 25.0 Å². The molecule has 128 valence electrons. The quantitative estimate of drug-likeness (QED) is 0.910. The van der Waals surface area contributed by atoms with E-state index in [-0.39, 0.29) is 11.8 Å². The Morgan fingerprint density at radius 3 is 2.92 bits per heavy atom. The fourth-order valence-corrected chi connectivity index (χ4v) is 3.20. The number of nitriles is 1. The molecule has 25 heavy (non-hydrogen) atoms. The van der Waals surface area contributed by atoms with Crippen molar-refractivity contribution in [1.29, 1.82) is 5.26 Å². The molecule has 0 saturated carbocycles. The number of aromatic nitrogens is 1. The molecule has 5 nitrogen and oxygen atoms in total. The van der Waals surface area contributed by atoms with Crippen molar-refractivity contribution in [3.05, 3.63) is 52.7 Å². The Labute approximate surface area is 152 Å². The average Bonchev–Trinajstić information content (AvgIpc) is 2.63. The van der Waals surface area contributed by atoms with E-state index in [9.17, 15) is 4.79 Å². The Bertz CT molecular complexity index is 813. The number of hydrogen-bond donors (Lipinski definition) is 1. The number of amides is 1. The molecule has 1 aromatic carbocycles. The fraction of sp³-hybridized carbons (Fsp3) is 0.316. The number of hydrogen-bond acceptors (Lipinski definition) is 4. The van der Waals surface area contributed by atoms with Crippen molar-refractivity contribution in [3.63, 3.8) is 0 Å². The Hall–Kier alpha value is -2.58. The van der Waals surface area contributed by atoms with Crippen LogP contribution in [0.4, 0.5) is 11.5 Å². The van der Waals surface area contributed by atoms with Gasteiger partial charge in [0.2, 0.25) is 5.91 Å². The third-order valence-electron chi connectivity index (χ3n) is 4.39. The van der Waals surface area contributed by atoms with Gasteiger partial charge in [0.25, 0.3) is 0 Å². The van der Waals surface area contributed by atoms with Crippen LogP contribution in [0.5, 0.6) is 0 Å². The van der Waals surface area contributed by atoms with Crippen LogP contribution in [0.3, 0.4) is 0 Å². The van der Waals surface area contributed by atoms with Gasteiger partial charge >= 0.3 is 0 Å². The first-order valence-corrected chi connectivity index (χ1v) is 8.63. The van der Waals surface area contributed by atoms with Gasteiger partial charge in [0.15, 0.2) is 0 Å². The van der Waals surface area contributed by atoms with E-state index < -0.39 is 0 Å². The summed E-state index contributed by atoms with van der Waals surface area (Å²) in [5.41, 5.74) is 2.46. The number of nitrogens with one attached hydrogen (secondary N) is 1. The van der Waals surface area contributed by atoms with E-state index in [0.717, 1.165) is 30.6 Å². The van der Waals surface area contributed by atoms with Gasteiger partial charge in [0.05, 0.1) is 16.5 Å². The Morgan fingerprint density at radius 1 is 1.40 bits per heavy atom. The van der Waals surface area contributed by atoms with E-state index in [1.165, 1.54) is 0 Å². The Balaban J connectivity index is 1.68. The van der Waals surface area contributed by atoms with Gasteiger partial charge in [-0.2, -0.15) is 5.26 Å². The van der Waals surface area contributed by atoms with Crippen molar-refractivity contribution in [2.24, 2.45) is 5.92 Å². The van der Waals surface area contributed by atoms with E-state index in [1.807, 2.05) is 25.1 Å². The van der Waals surface area contributed by atoms with Crippen LogP contribution in [0.15, 0.2) is 36.5 Å². The second kappa shape index (κ2) is 7.54. The van der Waals surface area contributed by atoms with E-state index in [4.69, 9.17) is 16.9 Å². The van der Waals surface area contributed by atoms with Crippen LogP contribution in [-0.4, -0.2) is 24.0 Å². The number of piperidine rings is 1. The number of rotatable bonds is 3. The Morgan fingerprint density at radius 2 is 2.24 bits per heavy atom. The summed E-state index contributed by atoms with van der Waals surface area (Å²) in [6, 6.07) is 11.2. The maximum absolute atomic E-state index is 12.5. The first kappa shape index (κ1) is 17.2. The maximum Gasteiger partial charge on any atom is 0.230 e. The van der Waals surface area contributed by atoms with Crippen LogP contribution in [-0.2, 0) is 4.79 Å². The number of benzene rings is 1. The summed E-state index contributed by atoms with van der Waals surface area (Å²) in [7, 11) is 0. The third kappa shape index (κ3) is 4.09. The fourth-order valence-electron chi connectivity index (χ4n) is 2.99. The lowest BCUT2D eigenvalue weighted by atomic mass is 9.96. The summed E-state index contributed by atoms with van der Waals surface area (Å²) in [4.78, 5) is 18.9. The van der Waals surface area contributed by atoms with Gasteiger partial charge in [-0.3, -0.25) is 4.79 Å². The lowest BCUT2D eigenvalue weighted by Crippen LogP contribution is -2.40. The molecule has 3 rings (SSSR count). The predicted molar refractivity (Wildman–Crippen MR) is 98.7 cm³/mol. The van der Waals surface area contributed by atoms with Gasteiger partial charge in [-0.15, -0.1) is 0 Å². The average molecular weight is 355 g/mol. The monoisotopic (exact) mass is 354 g/mol. The van der Waals surface area contributed by atoms with E-state index >= 15 is 0 Å². The van der Waals surface area contributed by atoms with Crippen molar-refractivity contribution in [2.75, 3.05) is 23.3 Å². The number of anilines is 2. The Kier molecular flexibility index (Phi) is 5.20. The molecule has 1 unspecified atom stereocenters. The molecule has 1 aromatic heterocycles. The highest BCUT2D eigenvalue weighted by atomic mass is 35.5. The maximum atomic E-state index is 12.5. The topological polar surface area (TPSA) is 69.0 Å². The van der Waals surface area contributed by atoms with Crippen molar-refractivity contribution >= 4 is 29.0 Å². The highest BCUT2D eigenvalue weighted by Crippen LogP contribution is 2.28. The smallest absolute Gasteiger partial charge is 0.230 e. The molecule has 2 aromatic rings. The molecule has 1 atom stereocenters. The summed E-state index contributed by atoms with van der Waals surface area (Å²) in [6.07, 6.45) is 3.51. The summed E-state index contributed by atoms with van der Waals surface area (Å²) >= 11 is 6.13.